The summed E-state index contributed by atoms with van der Waals surface area (Å²) >= 11 is 6.21. The van der Waals surface area contributed by atoms with Crippen molar-refractivity contribution in [3.05, 3.63) is 89.4 Å². The number of halogens is 1. The van der Waals surface area contributed by atoms with Gasteiger partial charge in [-0.2, -0.15) is 0 Å². The Kier molecular flexibility index (Phi) is 3.64. The lowest BCUT2D eigenvalue weighted by molar-refractivity contribution is 1.15. The molecular weight excluding hydrogens is 302 g/mol. The van der Waals surface area contributed by atoms with Crippen LogP contribution in [-0.2, 0) is 6.54 Å². The van der Waals surface area contributed by atoms with Crippen LogP contribution >= 0.6 is 11.6 Å². The highest BCUT2D eigenvalue weighted by atomic mass is 35.5. The molecule has 4 aromatic rings. The predicted molar refractivity (Wildman–Crippen MR) is 100 cm³/mol. The van der Waals surface area contributed by atoms with Gasteiger partial charge < -0.3 is 5.32 Å². The molecule has 0 saturated carbocycles. The lowest BCUT2D eigenvalue weighted by atomic mass is 10.0. The van der Waals surface area contributed by atoms with Crippen LogP contribution in [0.3, 0.4) is 0 Å². The van der Waals surface area contributed by atoms with Crippen molar-refractivity contribution in [3.63, 3.8) is 0 Å². The minimum absolute atomic E-state index is 0.721. The second-order valence-corrected chi connectivity index (χ2v) is 6.11. The summed E-state index contributed by atoms with van der Waals surface area (Å²) < 4.78 is 0. The number of hydrogen-bond donors (Lipinski definition) is 1. The van der Waals surface area contributed by atoms with Crippen LogP contribution in [0.4, 0.5) is 5.69 Å². The third kappa shape index (κ3) is 2.88. The summed E-state index contributed by atoms with van der Waals surface area (Å²) in [7, 11) is 0. The first-order chi connectivity index (χ1) is 11.3. The second-order valence-electron chi connectivity index (χ2n) is 5.71. The van der Waals surface area contributed by atoms with Crippen LogP contribution in [-0.4, -0.2) is 0 Å². The summed E-state index contributed by atoms with van der Waals surface area (Å²) in [5.41, 5.74) is 2.21. The zero-order chi connectivity index (χ0) is 15.6. The summed E-state index contributed by atoms with van der Waals surface area (Å²) in [5.74, 6) is 0. The standard InChI is InChI=1S/C21H16ClN/c22-21-8-4-3-7-18(21)14-23-20-10-9-17-11-15-5-1-2-6-16(15)12-19(17)13-20/h1-13,23H,14H2. The Morgan fingerprint density at radius 1 is 0.652 bits per heavy atom. The molecule has 1 N–H and O–H groups in total. The van der Waals surface area contributed by atoms with Gasteiger partial charge in [-0.3, -0.25) is 0 Å². The van der Waals surface area contributed by atoms with Crippen LogP contribution in [0, 0.1) is 0 Å². The van der Waals surface area contributed by atoms with Crippen molar-refractivity contribution in [2.45, 2.75) is 6.54 Å². The molecule has 0 aliphatic heterocycles. The molecule has 0 saturated heterocycles. The van der Waals surface area contributed by atoms with Crippen molar-refractivity contribution < 1.29 is 0 Å². The van der Waals surface area contributed by atoms with Crippen molar-refractivity contribution in [2.75, 3.05) is 5.32 Å². The monoisotopic (exact) mass is 317 g/mol. The lowest BCUT2D eigenvalue weighted by Crippen LogP contribution is -1.99. The van der Waals surface area contributed by atoms with Crippen molar-refractivity contribution in [3.8, 4) is 0 Å². The first-order valence-corrected chi connectivity index (χ1v) is 8.07. The average molecular weight is 318 g/mol. The van der Waals surface area contributed by atoms with E-state index in [1.54, 1.807) is 0 Å². The number of rotatable bonds is 3. The van der Waals surface area contributed by atoms with E-state index in [0.717, 1.165) is 22.8 Å². The zero-order valence-corrected chi connectivity index (χ0v) is 13.3. The minimum Gasteiger partial charge on any atom is -0.381 e. The van der Waals surface area contributed by atoms with E-state index in [4.69, 9.17) is 11.6 Å². The topological polar surface area (TPSA) is 12.0 Å². The summed E-state index contributed by atoms with van der Waals surface area (Å²) in [4.78, 5) is 0. The van der Waals surface area contributed by atoms with E-state index in [1.807, 2.05) is 24.3 Å². The fourth-order valence-corrected chi connectivity index (χ4v) is 3.09. The van der Waals surface area contributed by atoms with Crippen LogP contribution in [0.1, 0.15) is 5.56 Å². The molecule has 0 aliphatic carbocycles. The van der Waals surface area contributed by atoms with E-state index in [-0.39, 0.29) is 0 Å². The highest BCUT2D eigenvalue weighted by Crippen LogP contribution is 2.26. The van der Waals surface area contributed by atoms with Crippen LogP contribution in [0.5, 0.6) is 0 Å². The quantitative estimate of drug-likeness (QED) is 0.440. The van der Waals surface area contributed by atoms with E-state index in [9.17, 15) is 0 Å². The Morgan fingerprint density at radius 2 is 1.30 bits per heavy atom. The summed E-state index contributed by atoms with van der Waals surface area (Å²) in [6.45, 7) is 0.721. The molecule has 0 atom stereocenters. The van der Waals surface area contributed by atoms with Crippen LogP contribution in [0.2, 0.25) is 5.02 Å². The molecule has 0 radical (unpaired) electrons. The smallest absolute Gasteiger partial charge is 0.0455 e. The maximum absolute atomic E-state index is 6.21. The Balaban J connectivity index is 1.65. The SMILES string of the molecule is Clc1ccccc1CNc1ccc2cc3ccccc3cc2c1. The summed E-state index contributed by atoms with van der Waals surface area (Å²) in [6.07, 6.45) is 0. The molecule has 23 heavy (non-hydrogen) atoms. The summed E-state index contributed by atoms with van der Waals surface area (Å²) in [5, 5.41) is 9.30. The maximum atomic E-state index is 6.21. The first-order valence-electron chi connectivity index (χ1n) is 7.69. The van der Waals surface area contributed by atoms with Gasteiger partial charge >= 0.3 is 0 Å². The molecule has 0 heterocycles. The zero-order valence-electron chi connectivity index (χ0n) is 12.6. The fraction of sp³-hybridized carbons (Fsp3) is 0.0476. The van der Waals surface area contributed by atoms with Gasteiger partial charge in [0, 0.05) is 17.3 Å². The molecule has 0 bridgehead atoms. The Labute approximate surface area is 140 Å². The fourth-order valence-electron chi connectivity index (χ4n) is 2.89. The van der Waals surface area contributed by atoms with E-state index in [2.05, 4.69) is 59.9 Å². The first kappa shape index (κ1) is 14.1. The van der Waals surface area contributed by atoms with Crippen molar-refractivity contribution >= 4 is 38.8 Å². The van der Waals surface area contributed by atoms with Gasteiger partial charge in [-0.25, -0.2) is 0 Å². The van der Waals surface area contributed by atoms with Gasteiger partial charge in [0.15, 0.2) is 0 Å². The van der Waals surface area contributed by atoms with Crippen molar-refractivity contribution in [2.24, 2.45) is 0 Å². The molecule has 112 valence electrons. The average Bonchev–Trinajstić information content (AvgIpc) is 2.59. The number of fused-ring (bicyclic) bond motifs is 2. The molecule has 2 heteroatoms. The van der Waals surface area contributed by atoms with Crippen LogP contribution in [0.15, 0.2) is 78.9 Å². The number of anilines is 1. The summed E-state index contributed by atoms with van der Waals surface area (Å²) in [6, 6.07) is 27.3. The third-order valence-electron chi connectivity index (χ3n) is 4.15. The molecule has 0 fully saturated rings. The van der Waals surface area contributed by atoms with Crippen molar-refractivity contribution in [1.29, 1.82) is 0 Å². The number of hydrogen-bond acceptors (Lipinski definition) is 1. The number of benzene rings is 4. The van der Waals surface area contributed by atoms with Gasteiger partial charge in [-0.1, -0.05) is 60.1 Å². The third-order valence-corrected chi connectivity index (χ3v) is 4.51. The molecule has 0 amide bonds. The molecular formula is C21H16ClN. The molecule has 4 rings (SSSR count). The van der Waals surface area contributed by atoms with E-state index < -0.39 is 0 Å². The second kappa shape index (κ2) is 5.94. The van der Waals surface area contributed by atoms with E-state index >= 15 is 0 Å². The Hall–Kier alpha value is -2.51. The van der Waals surface area contributed by atoms with Crippen molar-refractivity contribution in [1.82, 2.24) is 0 Å². The lowest BCUT2D eigenvalue weighted by Gasteiger charge is -2.10. The largest absolute Gasteiger partial charge is 0.381 e. The number of nitrogens with one attached hydrogen (secondary N) is 1. The molecule has 0 spiro atoms. The van der Waals surface area contributed by atoms with Gasteiger partial charge in [0.2, 0.25) is 0 Å². The molecule has 0 aromatic heterocycles. The molecule has 1 nitrogen and oxygen atoms in total. The van der Waals surface area contributed by atoms with Gasteiger partial charge in [-0.15, -0.1) is 0 Å². The van der Waals surface area contributed by atoms with Crippen LogP contribution < -0.4 is 5.32 Å². The molecule has 4 aromatic carbocycles. The Bertz CT molecular complexity index is 991. The van der Waals surface area contributed by atoms with Crippen LogP contribution in [0.25, 0.3) is 21.5 Å². The molecule has 0 aliphatic rings. The minimum atomic E-state index is 0.721. The highest BCUT2D eigenvalue weighted by Gasteiger charge is 2.02. The highest BCUT2D eigenvalue weighted by molar-refractivity contribution is 6.31. The van der Waals surface area contributed by atoms with Gasteiger partial charge in [0.25, 0.3) is 0 Å². The molecule has 0 unspecified atom stereocenters. The van der Waals surface area contributed by atoms with E-state index in [1.165, 1.54) is 21.5 Å². The van der Waals surface area contributed by atoms with Gasteiger partial charge in [-0.05, 0) is 57.4 Å². The maximum Gasteiger partial charge on any atom is 0.0455 e. The van der Waals surface area contributed by atoms with Gasteiger partial charge in [0.1, 0.15) is 0 Å². The van der Waals surface area contributed by atoms with Gasteiger partial charge in [0.05, 0.1) is 0 Å². The Morgan fingerprint density at radius 3 is 2.09 bits per heavy atom. The normalized spacial score (nSPS) is 11.0. The van der Waals surface area contributed by atoms with E-state index in [0.29, 0.717) is 0 Å². The predicted octanol–water partition coefficient (Wildman–Crippen LogP) is 6.26.